The second-order valence-corrected chi connectivity index (χ2v) is 7.54. The van der Waals surface area contributed by atoms with Crippen molar-refractivity contribution in [2.75, 3.05) is 23.7 Å². The lowest BCUT2D eigenvalue weighted by Gasteiger charge is -2.14. The Hall–Kier alpha value is -5.16. The van der Waals surface area contributed by atoms with Crippen LogP contribution in [0.5, 0.6) is 0 Å². The zero-order valence-electron chi connectivity index (χ0n) is 19.6. The molecule has 0 spiro atoms. The van der Waals surface area contributed by atoms with E-state index in [1.54, 1.807) is 67.0 Å². The largest absolute Gasteiger partial charge is 0.375 e. The summed E-state index contributed by atoms with van der Waals surface area (Å²) >= 11 is 0. The molecule has 1 heterocycles. The van der Waals surface area contributed by atoms with Crippen LogP contribution in [0.15, 0.2) is 73.1 Å². The smallest absolute Gasteiger partial charge is 0.267 e. The van der Waals surface area contributed by atoms with Gasteiger partial charge in [-0.05, 0) is 72.5 Å². The Bertz CT molecular complexity index is 1350. The van der Waals surface area contributed by atoms with Gasteiger partial charge in [0.2, 0.25) is 5.91 Å². The summed E-state index contributed by atoms with van der Waals surface area (Å²) in [7, 11) is 0. The Morgan fingerprint density at radius 3 is 2.14 bits per heavy atom. The summed E-state index contributed by atoms with van der Waals surface area (Å²) in [6.07, 6.45) is 3.30. The zero-order valence-corrected chi connectivity index (χ0v) is 19.6. The second kappa shape index (κ2) is 13.7. The van der Waals surface area contributed by atoms with Crippen LogP contribution < -0.4 is 27.2 Å². The maximum absolute atomic E-state index is 12.2. The van der Waals surface area contributed by atoms with Gasteiger partial charge in [-0.25, -0.2) is 5.48 Å². The summed E-state index contributed by atoms with van der Waals surface area (Å²) in [5.41, 5.74) is 9.97. The van der Waals surface area contributed by atoms with Crippen molar-refractivity contribution >= 4 is 29.1 Å². The number of anilines is 2. The van der Waals surface area contributed by atoms with Crippen LogP contribution in [-0.4, -0.2) is 47.0 Å². The summed E-state index contributed by atoms with van der Waals surface area (Å²) in [5, 5.41) is 16.9. The third-order valence-corrected chi connectivity index (χ3v) is 4.87. The van der Waals surface area contributed by atoms with E-state index in [1.807, 2.05) is 6.07 Å². The molecule has 0 aliphatic carbocycles. The number of hydrogen-bond acceptors (Lipinski definition) is 7. The molecule has 0 aliphatic rings. The van der Waals surface area contributed by atoms with Gasteiger partial charge in [0.05, 0.1) is 12.2 Å². The number of carbonyl (C=O) groups is 3. The molecule has 0 bridgehead atoms. The fraction of sp³-hybridized carbons (Fsp3) is 0.111. The minimum Gasteiger partial charge on any atom is -0.375 e. The summed E-state index contributed by atoms with van der Waals surface area (Å²) < 4.78 is 0. The fourth-order valence-electron chi connectivity index (χ4n) is 2.95. The van der Waals surface area contributed by atoms with E-state index in [9.17, 15) is 14.4 Å². The second-order valence-electron chi connectivity index (χ2n) is 7.54. The first-order valence-electron chi connectivity index (χ1n) is 11.1. The van der Waals surface area contributed by atoms with Gasteiger partial charge in [-0.3, -0.25) is 24.6 Å². The molecule has 0 saturated heterocycles. The molecule has 0 saturated carbocycles. The Labute approximate surface area is 213 Å². The highest BCUT2D eigenvalue weighted by Gasteiger charge is 2.19. The number of hydrogen-bond donors (Lipinski definition) is 6. The Balaban J connectivity index is 1.50. The number of nitrogens with two attached hydrogens (primary N) is 1. The van der Waals surface area contributed by atoms with E-state index in [1.165, 1.54) is 5.48 Å². The highest BCUT2D eigenvalue weighted by atomic mass is 16.5. The topological polar surface area (TPSA) is 158 Å². The van der Waals surface area contributed by atoms with Gasteiger partial charge in [-0.15, -0.1) is 0 Å². The van der Waals surface area contributed by atoms with Crippen LogP contribution in [0.1, 0.15) is 21.5 Å². The molecule has 7 N–H and O–H groups in total. The molecule has 3 rings (SSSR count). The van der Waals surface area contributed by atoms with Gasteiger partial charge < -0.3 is 21.7 Å². The molecule has 2 aromatic carbocycles. The van der Waals surface area contributed by atoms with Gasteiger partial charge in [0.15, 0.2) is 0 Å². The average Bonchev–Trinajstić information content (AvgIpc) is 2.94. The molecular weight excluding hydrogens is 472 g/mol. The third kappa shape index (κ3) is 8.53. The molecule has 3 amide bonds. The number of amides is 3. The van der Waals surface area contributed by atoms with E-state index in [2.05, 4.69) is 44.6 Å². The molecule has 1 atom stereocenters. The molecule has 10 nitrogen and oxygen atoms in total. The van der Waals surface area contributed by atoms with Crippen LogP contribution in [0.3, 0.4) is 0 Å². The van der Waals surface area contributed by atoms with Crippen molar-refractivity contribution in [3.05, 3.63) is 89.7 Å². The number of hydroxylamine groups is 1. The molecule has 0 unspecified atom stereocenters. The van der Waals surface area contributed by atoms with Crippen LogP contribution in [0.4, 0.5) is 11.4 Å². The van der Waals surface area contributed by atoms with Crippen LogP contribution in [0.2, 0.25) is 0 Å². The Morgan fingerprint density at radius 1 is 0.919 bits per heavy atom. The number of carbonyl (C=O) groups excluding carboxylic acids is 3. The summed E-state index contributed by atoms with van der Waals surface area (Å²) in [4.78, 5) is 39.7. The van der Waals surface area contributed by atoms with Crippen LogP contribution in [0, 0.1) is 23.7 Å². The first-order valence-corrected chi connectivity index (χ1v) is 11.1. The van der Waals surface area contributed by atoms with Gasteiger partial charge in [0.25, 0.3) is 11.8 Å². The molecule has 0 radical (unpaired) electrons. The van der Waals surface area contributed by atoms with Crippen molar-refractivity contribution in [3.63, 3.8) is 0 Å². The number of nitrogens with one attached hydrogen (secondary N) is 4. The first-order chi connectivity index (χ1) is 18.0. The third-order valence-electron chi connectivity index (χ3n) is 4.87. The molecular formula is C27H24N6O4. The SMILES string of the molecule is NC[C@H](NC(=O)c1ccc(C#CC#Cc2ccc(NC(=O)CNc3cccnc3)cc2)cc1)C(=O)NO. The van der Waals surface area contributed by atoms with Crippen LogP contribution >= 0.6 is 0 Å². The van der Waals surface area contributed by atoms with Crippen LogP contribution in [-0.2, 0) is 9.59 Å². The minimum atomic E-state index is -1.05. The maximum Gasteiger partial charge on any atom is 0.267 e. The molecule has 0 aliphatic heterocycles. The first kappa shape index (κ1) is 26.4. The number of benzene rings is 2. The van der Waals surface area contributed by atoms with E-state index < -0.39 is 17.9 Å². The average molecular weight is 497 g/mol. The quantitative estimate of drug-likeness (QED) is 0.155. The number of pyridine rings is 1. The van der Waals surface area contributed by atoms with E-state index in [4.69, 9.17) is 10.9 Å². The molecule has 37 heavy (non-hydrogen) atoms. The molecule has 3 aromatic rings. The van der Waals surface area contributed by atoms with Crippen molar-refractivity contribution < 1.29 is 19.6 Å². The lowest BCUT2D eigenvalue weighted by molar-refractivity contribution is -0.130. The predicted molar refractivity (Wildman–Crippen MR) is 138 cm³/mol. The maximum atomic E-state index is 12.2. The Morgan fingerprint density at radius 2 is 1.57 bits per heavy atom. The van der Waals surface area contributed by atoms with E-state index >= 15 is 0 Å². The highest BCUT2D eigenvalue weighted by Crippen LogP contribution is 2.09. The monoisotopic (exact) mass is 496 g/mol. The van der Waals surface area contributed by atoms with Gasteiger partial charge in [-0.1, -0.05) is 11.8 Å². The summed E-state index contributed by atoms with van der Waals surface area (Å²) in [6.45, 7) is -0.0500. The number of aromatic nitrogens is 1. The molecule has 186 valence electrons. The van der Waals surface area contributed by atoms with Gasteiger partial charge in [-0.2, -0.15) is 0 Å². The predicted octanol–water partition coefficient (Wildman–Crippen LogP) is 1.10. The van der Waals surface area contributed by atoms with E-state index in [0.717, 1.165) is 11.3 Å². The number of nitrogens with zero attached hydrogens (tertiary/aromatic N) is 1. The molecule has 10 heteroatoms. The van der Waals surface area contributed by atoms with Gasteiger partial charge >= 0.3 is 0 Å². The van der Waals surface area contributed by atoms with E-state index in [-0.39, 0.29) is 19.0 Å². The summed E-state index contributed by atoms with van der Waals surface area (Å²) in [6, 6.07) is 16.0. The zero-order chi connectivity index (χ0) is 26.5. The van der Waals surface area contributed by atoms with Gasteiger partial charge in [0.1, 0.15) is 6.04 Å². The van der Waals surface area contributed by atoms with Crippen molar-refractivity contribution in [2.24, 2.45) is 5.73 Å². The Kier molecular flexibility index (Phi) is 9.76. The van der Waals surface area contributed by atoms with Crippen molar-refractivity contribution in [1.82, 2.24) is 15.8 Å². The molecule has 0 fully saturated rings. The van der Waals surface area contributed by atoms with E-state index in [0.29, 0.717) is 16.8 Å². The standard InChI is InChI=1S/C27H24N6O4/c28-16-24(27(36)33-37)32-26(35)21-11-7-19(8-12-21)4-1-2-5-20-9-13-22(14-10-20)31-25(34)18-30-23-6-3-15-29-17-23/h3,6-15,17,24,30,37H,16,18,28H2,(H,31,34)(H,32,35)(H,33,36)/t24-/m0/s1. The molecule has 1 aromatic heterocycles. The van der Waals surface area contributed by atoms with Crippen LogP contribution in [0.25, 0.3) is 0 Å². The number of rotatable bonds is 8. The van der Waals surface area contributed by atoms with Gasteiger partial charge in [0, 0.05) is 41.3 Å². The van der Waals surface area contributed by atoms with Crippen molar-refractivity contribution in [1.29, 1.82) is 0 Å². The minimum absolute atomic E-state index is 0.115. The lowest BCUT2D eigenvalue weighted by atomic mass is 10.1. The highest BCUT2D eigenvalue weighted by molar-refractivity contribution is 5.97. The summed E-state index contributed by atoms with van der Waals surface area (Å²) in [5.74, 6) is 9.82. The van der Waals surface area contributed by atoms with Crippen molar-refractivity contribution in [2.45, 2.75) is 6.04 Å². The normalized spacial score (nSPS) is 10.4. The lowest BCUT2D eigenvalue weighted by Crippen LogP contribution is -2.50. The van der Waals surface area contributed by atoms with Crippen molar-refractivity contribution in [3.8, 4) is 23.7 Å². The fourth-order valence-corrected chi connectivity index (χ4v) is 2.95.